The SMILES string of the molecule is C=CC1=C(c2cc(Cl)c(-c3cc(O)cc4ccccc34)c(F)c2CCC)OC(CCC)(CCC(C)C)CC1=O. The van der Waals surface area contributed by atoms with Crippen LogP contribution >= 0.6 is 11.6 Å². The number of rotatable bonds is 10. The Bertz CT molecular complexity index is 1440. The van der Waals surface area contributed by atoms with Gasteiger partial charge in [0, 0.05) is 11.1 Å². The molecular formula is C34H38ClFO3. The van der Waals surface area contributed by atoms with E-state index >= 15 is 4.39 Å². The molecule has 1 heterocycles. The number of ketones is 1. The molecule has 1 atom stereocenters. The van der Waals surface area contributed by atoms with Crippen LogP contribution in [-0.2, 0) is 16.0 Å². The van der Waals surface area contributed by atoms with Crippen molar-refractivity contribution in [2.45, 2.75) is 78.2 Å². The Hall–Kier alpha value is -3.11. The first-order valence-corrected chi connectivity index (χ1v) is 14.3. The highest BCUT2D eigenvalue weighted by Gasteiger charge is 2.41. The molecule has 1 aliphatic rings. The highest BCUT2D eigenvalue weighted by atomic mass is 35.5. The number of halogens is 2. The van der Waals surface area contributed by atoms with Crippen LogP contribution in [0.15, 0.2) is 60.7 Å². The number of fused-ring (bicyclic) bond motifs is 1. The van der Waals surface area contributed by atoms with Crippen LogP contribution in [0.1, 0.15) is 77.3 Å². The zero-order valence-corrected chi connectivity index (χ0v) is 24.1. The van der Waals surface area contributed by atoms with Crippen molar-refractivity contribution in [2.24, 2.45) is 5.92 Å². The number of carbonyl (C=O) groups excluding carboxylic acids is 1. The van der Waals surface area contributed by atoms with Crippen molar-refractivity contribution in [3.63, 3.8) is 0 Å². The van der Waals surface area contributed by atoms with Gasteiger partial charge in [0.2, 0.25) is 0 Å². The molecule has 1 unspecified atom stereocenters. The maximum absolute atomic E-state index is 16.6. The molecular weight excluding hydrogens is 511 g/mol. The van der Waals surface area contributed by atoms with E-state index in [1.165, 1.54) is 6.08 Å². The lowest BCUT2D eigenvalue weighted by atomic mass is 9.80. The fourth-order valence-corrected chi connectivity index (χ4v) is 6.04. The zero-order chi connectivity index (χ0) is 28.3. The van der Waals surface area contributed by atoms with Crippen LogP contribution in [0.4, 0.5) is 4.39 Å². The van der Waals surface area contributed by atoms with Crippen molar-refractivity contribution in [3.8, 4) is 16.9 Å². The van der Waals surface area contributed by atoms with Gasteiger partial charge in [0.15, 0.2) is 5.78 Å². The first-order valence-electron chi connectivity index (χ1n) is 14.0. The topological polar surface area (TPSA) is 46.5 Å². The minimum atomic E-state index is -0.648. The molecule has 206 valence electrons. The van der Waals surface area contributed by atoms with Crippen LogP contribution in [0.25, 0.3) is 27.7 Å². The lowest BCUT2D eigenvalue weighted by Crippen LogP contribution is -2.39. The number of phenols is 1. The third-order valence-corrected chi connectivity index (χ3v) is 7.91. The summed E-state index contributed by atoms with van der Waals surface area (Å²) in [4.78, 5) is 13.5. The summed E-state index contributed by atoms with van der Waals surface area (Å²) in [5.41, 5.74) is 1.42. The van der Waals surface area contributed by atoms with E-state index in [-0.39, 0.29) is 28.5 Å². The third kappa shape index (κ3) is 5.77. The van der Waals surface area contributed by atoms with E-state index in [4.69, 9.17) is 16.3 Å². The summed E-state index contributed by atoms with van der Waals surface area (Å²) in [5.74, 6) is 0.369. The Morgan fingerprint density at radius 1 is 1.13 bits per heavy atom. The number of aromatic hydroxyl groups is 1. The van der Waals surface area contributed by atoms with E-state index in [0.717, 1.165) is 36.5 Å². The zero-order valence-electron chi connectivity index (χ0n) is 23.4. The minimum absolute atomic E-state index is 0.0349. The fourth-order valence-electron chi connectivity index (χ4n) is 5.75. The Morgan fingerprint density at radius 2 is 1.87 bits per heavy atom. The summed E-state index contributed by atoms with van der Waals surface area (Å²) in [6.45, 7) is 12.3. The summed E-state index contributed by atoms with van der Waals surface area (Å²) in [6.07, 6.45) is 6.17. The monoisotopic (exact) mass is 548 g/mol. The predicted molar refractivity (Wildman–Crippen MR) is 160 cm³/mol. The number of carbonyl (C=O) groups is 1. The second kappa shape index (κ2) is 12.0. The summed E-state index contributed by atoms with van der Waals surface area (Å²) < 4.78 is 23.4. The van der Waals surface area contributed by atoms with Gasteiger partial charge in [-0.15, -0.1) is 0 Å². The standard InChI is InChI=1S/C34H38ClFO3/c1-6-11-26-28(33-24(8-3)30(38)20-34(39-33,15-7-2)16-14-21(4)5)19-29(35)31(32(26)36)27-18-23(37)17-22-12-9-10-13-25(22)27/h8-10,12-13,17-19,21,37H,3,6-7,11,14-16,20H2,1-2,4-5H3. The first-order chi connectivity index (χ1) is 18.6. The molecule has 3 aromatic carbocycles. The van der Waals surface area contributed by atoms with Gasteiger partial charge in [-0.3, -0.25) is 4.79 Å². The van der Waals surface area contributed by atoms with Gasteiger partial charge < -0.3 is 9.84 Å². The largest absolute Gasteiger partial charge is 0.508 e. The van der Waals surface area contributed by atoms with E-state index in [2.05, 4.69) is 27.4 Å². The molecule has 0 spiro atoms. The Morgan fingerprint density at radius 3 is 2.54 bits per heavy atom. The Balaban J connectivity index is 1.96. The molecule has 0 saturated carbocycles. The molecule has 39 heavy (non-hydrogen) atoms. The number of hydrogen-bond acceptors (Lipinski definition) is 3. The van der Waals surface area contributed by atoms with Gasteiger partial charge in [-0.25, -0.2) is 4.39 Å². The molecule has 0 bridgehead atoms. The van der Waals surface area contributed by atoms with E-state index < -0.39 is 11.4 Å². The van der Waals surface area contributed by atoms with Crippen molar-refractivity contribution in [1.82, 2.24) is 0 Å². The van der Waals surface area contributed by atoms with Gasteiger partial charge in [-0.2, -0.15) is 0 Å². The predicted octanol–water partition coefficient (Wildman–Crippen LogP) is 9.82. The van der Waals surface area contributed by atoms with E-state index in [1.54, 1.807) is 18.2 Å². The first kappa shape index (κ1) is 28.9. The highest BCUT2D eigenvalue weighted by Crippen LogP contribution is 2.46. The van der Waals surface area contributed by atoms with Gasteiger partial charge in [0.25, 0.3) is 0 Å². The number of benzene rings is 3. The molecule has 0 radical (unpaired) electrons. The van der Waals surface area contributed by atoms with Gasteiger partial charge in [-0.05, 0) is 71.7 Å². The molecule has 0 aliphatic carbocycles. The van der Waals surface area contributed by atoms with Gasteiger partial charge >= 0.3 is 0 Å². The second-order valence-electron chi connectivity index (χ2n) is 11.1. The van der Waals surface area contributed by atoms with Crippen molar-refractivity contribution in [1.29, 1.82) is 0 Å². The fraction of sp³-hybridized carbons (Fsp3) is 0.382. The molecule has 0 aromatic heterocycles. The molecule has 5 heteroatoms. The van der Waals surface area contributed by atoms with Gasteiger partial charge in [0.05, 0.1) is 17.0 Å². The van der Waals surface area contributed by atoms with E-state index in [0.29, 0.717) is 46.8 Å². The highest BCUT2D eigenvalue weighted by molar-refractivity contribution is 6.34. The average molecular weight is 549 g/mol. The molecule has 3 nitrogen and oxygen atoms in total. The van der Waals surface area contributed by atoms with E-state index in [9.17, 15) is 9.90 Å². The summed E-state index contributed by atoms with van der Waals surface area (Å²) in [6, 6.07) is 12.4. The molecule has 0 fully saturated rings. The molecule has 4 rings (SSSR count). The van der Waals surface area contributed by atoms with E-state index in [1.807, 2.05) is 31.2 Å². The number of ether oxygens (including phenoxy) is 1. The van der Waals surface area contributed by atoms with Crippen LogP contribution in [0.5, 0.6) is 5.75 Å². The van der Waals surface area contributed by atoms with Crippen LogP contribution in [-0.4, -0.2) is 16.5 Å². The van der Waals surface area contributed by atoms with Crippen molar-refractivity contribution in [2.75, 3.05) is 0 Å². The van der Waals surface area contributed by atoms with Gasteiger partial charge in [-0.1, -0.05) is 89.1 Å². The smallest absolute Gasteiger partial charge is 0.170 e. The second-order valence-corrected chi connectivity index (χ2v) is 11.5. The third-order valence-electron chi connectivity index (χ3n) is 7.61. The van der Waals surface area contributed by atoms with Gasteiger partial charge in [0.1, 0.15) is 22.9 Å². The molecule has 1 aliphatic heterocycles. The molecule has 3 aromatic rings. The van der Waals surface area contributed by atoms with Crippen LogP contribution in [0, 0.1) is 11.7 Å². The quantitative estimate of drug-likeness (QED) is 0.274. The summed E-state index contributed by atoms with van der Waals surface area (Å²) in [5, 5.41) is 12.2. The molecule has 0 amide bonds. The maximum atomic E-state index is 16.6. The average Bonchev–Trinajstić information content (AvgIpc) is 2.89. The number of allylic oxidation sites excluding steroid dienone is 2. The summed E-state index contributed by atoms with van der Waals surface area (Å²) >= 11 is 6.86. The minimum Gasteiger partial charge on any atom is -0.508 e. The number of Topliss-reactive ketones (excluding diaryl/α,β-unsaturated/α-hetero) is 1. The normalized spacial score (nSPS) is 17.7. The molecule has 0 saturated heterocycles. The lowest BCUT2D eigenvalue weighted by Gasteiger charge is -2.40. The number of phenolic OH excluding ortho intramolecular Hbond substituents is 1. The van der Waals surface area contributed by atoms with Crippen molar-refractivity contribution in [3.05, 3.63) is 82.7 Å². The lowest BCUT2D eigenvalue weighted by molar-refractivity contribution is -0.123. The number of hydrogen-bond donors (Lipinski definition) is 1. The van der Waals surface area contributed by atoms with Crippen LogP contribution in [0.3, 0.4) is 0 Å². The van der Waals surface area contributed by atoms with Crippen LogP contribution in [0.2, 0.25) is 5.02 Å². The Labute approximate surface area is 236 Å². The summed E-state index contributed by atoms with van der Waals surface area (Å²) in [7, 11) is 0. The Kier molecular flexibility index (Phi) is 8.86. The van der Waals surface area contributed by atoms with Crippen LogP contribution < -0.4 is 0 Å². The van der Waals surface area contributed by atoms with Crippen molar-refractivity contribution >= 4 is 33.9 Å². The van der Waals surface area contributed by atoms with Crippen molar-refractivity contribution < 1.29 is 19.0 Å². The molecule has 1 N–H and O–H groups in total. The maximum Gasteiger partial charge on any atom is 0.170 e.